The van der Waals surface area contributed by atoms with E-state index in [2.05, 4.69) is 44.8 Å². The van der Waals surface area contributed by atoms with Crippen molar-refractivity contribution < 1.29 is 13.9 Å². The van der Waals surface area contributed by atoms with Crippen LogP contribution in [-0.4, -0.2) is 35.8 Å². The van der Waals surface area contributed by atoms with Crippen LogP contribution in [0.2, 0.25) is 0 Å². The number of nitrogens with zero attached hydrogens (tertiary/aromatic N) is 7. The molecule has 19 heavy (non-hydrogen) atoms. The van der Waals surface area contributed by atoms with Gasteiger partial charge in [-0.05, 0) is 0 Å². The van der Waals surface area contributed by atoms with E-state index >= 15 is 0 Å². The van der Waals surface area contributed by atoms with Crippen molar-refractivity contribution in [3.05, 3.63) is 35.7 Å². The summed E-state index contributed by atoms with van der Waals surface area (Å²) in [5, 5.41) is 22.0. The van der Waals surface area contributed by atoms with Gasteiger partial charge >= 0.3 is 0 Å². The Labute approximate surface area is 106 Å². The van der Waals surface area contributed by atoms with Gasteiger partial charge in [0.1, 0.15) is 17.1 Å². The summed E-state index contributed by atoms with van der Waals surface area (Å²) in [6.45, 7) is 1.55. The first-order valence-electron chi connectivity index (χ1n) is 5.42. The van der Waals surface area contributed by atoms with Crippen LogP contribution in [0, 0.1) is 0 Å². The zero-order chi connectivity index (χ0) is 12.9. The van der Waals surface area contributed by atoms with Crippen LogP contribution in [0.4, 0.5) is 0 Å². The number of hydrogen-bond donors (Lipinski definition) is 0. The molecule has 3 rings (SSSR count). The molecule has 0 aliphatic heterocycles. The van der Waals surface area contributed by atoms with Crippen molar-refractivity contribution in [2.75, 3.05) is 0 Å². The topological polar surface area (TPSA) is 120 Å². The van der Waals surface area contributed by atoms with Gasteiger partial charge in [-0.15, -0.1) is 0 Å². The lowest BCUT2D eigenvalue weighted by Crippen LogP contribution is -2.23. The molecule has 10 heteroatoms. The van der Waals surface area contributed by atoms with E-state index in [1.54, 1.807) is 18.6 Å². The average molecular weight is 263 g/mol. The molecular weight excluding hydrogens is 254 g/mol. The van der Waals surface area contributed by atoms with Crippen molar-refractivity contribution in [2.45, 2.75) is 19.6 Å². The Morgan fingerprint density at radius 3 is 1.32 bits per heavy atom. The van der Waals surface area contributed by atoms with Crippen LogP contribution in [0.1, 0.15) is 17.1 Å². The number of rotatable bonds is 6. The first kappa shape index (κ1) is 11.5. The minimum Gasteiger partial charge on any atom is -0.285 e. The zero-order valence-electron chi connectivity index (χ0n) is 9.71. The summed E-state index contributed by atoms with van der Waals surface area (Å²) in [6.07, 6.45) is 4.65. The summed E-state index contributed by atoms with van der Waals surface area (Å²) < 4.78 is 13.7. The summed E-state index contributed by atoms with van der Waals surface area (Å²) in [6, 6.07) is 0. The van der Waals surface area contributed by atoms with E-state index in [-0.39, 0.29) is 0 Å². The minimum atomic E-state index is 0.517. The molecule has 3 aromatic heterocycles. The minimum absolute atomic E-state index is 0.517. The lowest BCUT2D eigenvalue weighted by Gasteiger charge is -2.17. The Morgan fingerprint density at radius 2 is 1.05 bits per heavy atom. The molecule has 0 saturated heterocycles. The average Bonchev–Trinajstić information content (AvgIpc) is 3.10. The summed E-state index contributed by atoms with van der Waals surface area (Å²) in [7, 11) is 0. The highest BCUT2D eigenvalue weighted by atomic mass is 16.6. The smallest absolute Gasteiger partial charge is 0.119 e. The molecule has 0 aliphatic carbocycles. The van der Waals surface area contributed by atoms with E-state index in [0.29, 0.717) is 36.7 Å². The largest absolute Gasteiger partial charge is 0.285 e. The fourth-order valence-corrected chi connectivity index (χ4v) is 1.62. The molecular formula is C9H9N7O3. The van der Waals surface area contributed by atoms with Crippen LogP contribution in [0.15, 0.2) is 32.5 Å². The third-order valence-corrected chi connectivity index (χ3v) is 2.38. The highest BCUT2D eigenvalue weighted by Crippen LogP contribution is 2.09. The van der Waals surface area contributed by atoms with Gasteiger partial charge in [-0.3, -0.25) is 4.90 Å². The van der Waals surface area contributed by atoms with Gasteiger partial charge in [0.25, 0.3) is 0 Å². The summed E-state index contributed by atoms with van der Waals surface area (Å²) >= 11 is 0. The van der Waals surface area contributed by atoms with E-state index in [0.717, 1.165) is 0 Å². The Kier molecular flexibility index (Phi) is 3.23. The van der Waals surface area contributed by atoms with Crippen LogP contribution in [0.3, 0.4) is 0 Å². The van der Waals surface area contributed by atoms with Gasteiger partial charge in [-0.25, -0.2) is 13.9 Å². The van der Waals surface area contributed by atoms with Gasteiger partial charge in [0, 0.05) is 19.6 Å². The lowest BCUT2D eigenvalue weighted by atomic mass is 10.3. The van der Waals surface area contributed by atoms with E-state index in [1.165, 1.54) is 0 Å². The quantitative estimate of drug-likeness (QED) is 0.602. The van der Waals surface area contributed by atoms with Crippen molar-refractivity contribution in [1.29, 1.82) is 0 Å². The van der Waals surface area contributed by atoms with Gasteiger partial charge in [-0.2, -0.15) is 0 Å². The fraction of sp³-hybridized carbons (Fsp3) is 0.333. The van der Waals surface area contributed by atoms with Gasteiger partial charge < -0.3 is 0 Å². The molecule has 3 aromatic rings. The zero-order valence-corrected chi connectivity index (χ0v) is 9.71. The third kappa shape index (κ3) is 2.98. The molecule has 3 heterocycles. The van der Waals surface area contributed by atoms with Crippen molar-refractivity contribution in [3.8, 4) is 0 Å². The summed E-state index contributed by atoms with van der Waals surface area (Å²) in [5.41, 5.74) is 2.11. The first-order chi connectivity index (χ1) is 9.40. The van der Waals surface area contributed by atoms with Crippen molar-refractivity contribution >= 4 is 0 Å². The first-order valence-corrected chi connectivity index (χ1v) is 5.42. The molecule has 0 spiro atoms. The van der Waals surface area contributed by atoms with Crippen LogP contribution >= 0.6 is 0 Å². The molecule has 0 atom stereocenters. The molecule has 0 bridgehead atoms. The molecule has 0 unspecified atom stereocenters. The molecule has 0 aromatic carbocycles. The molecule has 0 aliphatic rings. The SMILES string of the molecule is c1nonc1CN(Cc1cnon1)Cc1cnon1. The molecule has 0 radical (unpaired) electrons. The van der Waals surface area contributed by atoms with Crippen LogP contribution in [0.25, 0.3) is 0 Å². The molecule has 98 valence electrons. The van der Waals surface area contributed by atoms with E-state index in [9.17, 15) is 0 Å². The Morgan fingerprint density at radius 1 is 0.684 bits per heavy atom. The van der Waals surface area contributed by atoms with Crippen molar-refractivity contribution in [2.24, 2.45) is 0 Å². The van der Waals surface area contributed by atoms with Crippen LogP contribution in [0.5, 0.6) is 0 Å². The predicted molar refractivity (Wildman–Crippen MR) is 55.8 cm³/mol. The second-order valence-corrected chi connectivity index (χ2v) is 3.84. The maximum Gasteiger partial charge on any atom is 0.119 e. The lowest BCUT2D eigenvalue weighted by molar-refractivity contribution is 0.216. The van der Waals surface area contributed by atoms with E-state index < -0.39 is 0 Å². The van der Waals surface area contributed by atoms with Gasteiger partial charge in [-0.1, -0.05) is 30.9 Å². The second-order valence-electron chi connectivity index (χ2n) is 3.84. The van der Waals surface area contributed by atoms with Crippen molar-refractivity contribution in [3.63, 3.8) is 0 Å². The maximum absolute atomic E-state index is 4.57. The molecule has 0 N–H and O–H groups in total. The van der Waals surface area contributed by atoms with Crippen LogP contribution in [-0.2, 0) is 19.6 Å². The molecule has 0 amide bonds. The van der Waals surface area contributed by atoms with Gasteiger partial charge in [0.05, 0.1) is 18.6 Å². The molecule has 10 nitrogen and oxygen atoms in total. The second kappa shape index (κ2) is 5.35. The highest BCUT2D eigenvalue weighted by molar-refractivity contribution is 4.96. The Hall–Kier alpha value is -2.62. The van der Waals surface area contributed by atoms with E-state index in [1.807, 2.05) is 4.90 Å². The van der Waals surface area contributed by atoms with Crippen molar-refractivity contribution in [1.82, 2.24) is 35.8 Å². The Balaban J connectivity index is 1.70. The normalized spacial score (nSPS) is 11.2. The summed E-state index contributed by atoms with van der Waals surface area (Å²) in [5.74, 6) is 0. The number of hydrogen-bond acceptors (Lipinski definition) is 10. The predicted octanol–water partition coefficient (Wildman–Crippen LogP) is 0.0380. The monoisotopic (exact) mass is 263 g/mol. The summed E-state index contributed by atoms with van der Waals surface area (Å²) in [4.78, 5) is 2.00. The maximum atomic E-state index is 4.57. The third-order valence-electron chi connectivity index (χ3n) is 2.38. The fourth-order valence-electron chi connectivity index (χ4n) is 1.62. The number of aromatic nitrogens is 6. The van der Waals surface area contributed by atoms with Gasteiger partial charge in [0.15, 0.2) is 0 Å². The Bertz CT molecular complexity index is 491. The van der Waals surface area contributed by atoms with E-state index in [4.69, 9.17) is 0 Å². The van der Waals surface area contributed by atoms with Gasteiger partial charge in [0.2, 0.25) is 0 Å². The van der Waals surface area contributed by atoms with Crippen LogP contribution < -0.4 is 0 Å². The molecule has 0 saturated carbocycles. The molecule has 0 fully saturated rings. The standard InChI is InChI=1S/C9H9N7O3/c1-7(13-17-10-1)4-16(5-8-2-11-18-14-8)6-9-3-12-19-15-9/h1-3H,4-6H2. The highest BCUT2D eigenvalue weighted by Gasteiger charge is 2.14.